The maximum atomic E-state index is 11.2. The summed E-state index contributed by atoms with van der Waals surface area (Å²) in [6.45, 7) is 1.25. The Kier molecular flexibility index (Phi) is 3.62. The molecule has 1 saturated heterocycles. The second-order valence-corrected chi connectivity index (χ2v) is 2.75. The number of amides is 1. The van der Waals surface area contributed by atoms with Gasteiger partial charge in [0.15, 0.2) is 0 Å². The molecule has 0 aliphatic carbocycles. The normalized spacial score (nSPS) is 21.8. The van der Waals surface area contributed by atoms with Crippen LogP contribution in [0.15, 0.2) is 0 Å². The minimum absolute atomic E-state index is 0.0252. The van der Waals surface area contributed by atoms with Crippen LogP contribution in [0.25, 0.3) is 0 Å². The number of ether oxygens (including phenoxy) is 1. The van der Waals surface area contributed by atoms with Crippen molar-refractivity contribution in [3.63, 3.8) is 0 Å². The fraction of sp³-hybridized carbons (Fsp3) is 0.667. The molecule has 0 aromatic carbocycles. The van der Waals surface area contributed by atoms with Crippen LogP contribution < -0.4 is 5.32 Å². The van der Waals surface area contributed by atoms with Gasteiger partial charge in [0, 0.05) is 19.6 Å². The third kappa shape index (κ3) is 2.55. The summed E-state index contributed by atoms with van der Waals surface area (Å²) < 4.78 is 5.18. The van der Waals surface area contributed by atoms with E-state index in [1.54, 1.807) is 0 Å². The molecular weight excluding hydrogens is 154 g/mol. The number of nitrogens with one attached hydrogen (secondary N) is 1. The molecule has 0 unspecified atom stereocenters. The molecule has 0 aromatic rings. The zero-order valence-corrected chi connectivity index (χ0v) is 7.01. The number of carbonyl (C=O) groups excluding carboxylic acids is 1. The van der Waals surface area contributed by atoms with E-state index in [1.165, 1.54) is 0 Å². The van der Waals surface area contributed by atoms with Crippen LogP contribution >= 0.6 is 0 Å². The van der Waals surface area contributed by atoms with E-state index in [-0.39, 0.29) is 12.0 Å². The van der Waals surface area contributed by atoms with Gasteiger partial charge < -0.3 is 10.1 Å². The lowest BCUT2D eigenvalue weighted by Gasteiger charge is -2.08. The van der Waals surface area contributed by atoms with Crippen LogP contribution in [-0.2, 0) is 9.53 Å². The minimum Gasteiger partial charge on any atom is -0.368 e. The van der Waals surface area contributed by atoms with Gasteiger partial charge in [-0.25, -0.2) is 0 Å². The van der Waals surface area contributed by atoms with Crippen molar-refractivity contribution in [3.8, 4) is 12.3 Å². The van der Waals surface area contributed by atoms with Crippen LogP contribution in [0.5, 0.6) is 0 Å². The molecule has 0 bridgehead atoms. The zero-order valence-electron chi connectivity index (χ0n) is 7.01. The highest BCUT2D eigenvalue weighted by atomic mass is 16.5. The first-order valence-electron chi connectivity index (χ1n) is 4.17. The smallest absolute Gasteiger partial charge is 0.249 e. The van der Waals surface area contributed by atoms with Crippen LogP contribution in [0.1, 0.15) is 19.3 Å². The Morgan fingerprint density at radius 2 is 2.58 bits per heavy atom. The summed E-state index contributed by atoms with van der Waals surface area (Å²) in [7, 11) is 0. The summed E-state index contributed by atoms with van der Waals surface area (Å²) in [6.07, 6.45) is 7.20. The lowest BCUT2D eigenvalue weighted by atomic mass is 10.2. The zero-order chi connectivity index (χ0) is 8.81. The number of hydrogen-bond donors (Lipinski definition) is 1. The first kappa shape index (κ1) is 9.08. The second-order valence-electron chi connectivity index (χ2n) is 2.75. The molecule has 1 heterocycles. The Balaban J connectivity index is 2.15. The van der Waals surface area contributed by atoms with Crippen LogP contribution in [-0.4, -0.2) is 25.2 Å². The summed E-state index contributed by atoms with van der Waals surface area (Å²) in [5.74, 6) is 2.43. The largest absolute Gasteiger partial charge is 0.368 e. The molecular formula is C9H13NO2. The molecule has 1 amide bonds. The van der Waals surface area contributed by atoms with Crippen LogP contribution in [0.3, 0.4) is 0 Å². The van der Waals surface area contributed by atoms with Gasteiger partial charge in [-0.15, -0.1) is 12.3 Å². The highest BCUT2D eigenvalue weighted by Crippen LogP contribution is 2.11. The first-order chi connectivity index (χ1) is 5.84. The number of rotatable bonds is 3. The second kappa shape index (κ2) is 4.78. The standard InChI is InChI=1S/C9H13NO2/c1-2-3-6-10-9(11)8-5-4-7-12-8/h1,8H,3-7H2,(H,10,11)/t8-/m0/s1. The molecule has 0 aromatic heterocycles. The molecule has 1 N–H and O–H groups in total. The van der Waals surface area contributed by atoms with Crippen molar-refractivity contribution in [1.29, 1.82) is 0 Å². The van der Waals surface area contributed by atoms with E-state index in [4.69, 9.17) is 11.2 Å². The van der Waals surface area contributed by atoms with Gasteiger partial charge in [0.1, 0.15) is 6.10 Å². The maximum Gasteiger partial charge on any atom is 0.249 e. The quantitative estimate of drug-likeness (QED) is 0.485. The summed E-state index contributed by atoms with van der Waals surface area (Å²) in [5, 5.41) is 2.72. The highest BCUT2D eigenvalue weighted by molar-refractivity contribution is 5.80. The molecule has 3 nitrogen and oxygen atoms in total. The van der Waals surface area contributed by atoms with Gasteiger partial charge in [-0.2, -0.15) is 0 Å². The third-order valence-electron chi connectivity index (χ3n) is 1.79. The summed E-state index contributed by atoms with van der Waals surface area (Å²) in [4.78, 5) is 11.2. The Hall–Kier alpha value is -1.01. The van der Waals surface area contributed by atoms with Crippen molar-refractivity contribution in [2.24, 2.45) is 0 Å². The van der Waals surface area contributed by atoms with Crippen LogP contribution in [0.2, 0.25) is 0 Å². The molecule has 1 rings (SSSR count). The average molecular weight is 167 g/mol. The predicted octanol–water partition coefficient (Wildman–Crippen LogP) is 0.305. The fourth-order valence-electron chi connectivity index (χ4n) is 1.16. The molecule has 0 radical (unpaired) electrons. The van der Waals surface area contributed by atoms with Gasteiger partial charge in [-0.3, -0.25) is 4.79 Å². The van der Waals surface area contributed by atoms with Crippen molar-refractivity contribution in [2.75, 3.05) is 13.2 Å². The highest BCUT2D eigenvalue weighted by Gasteiger charge is 2.22. The maximum absolute atomic E-state index is 11.2. The van der Waals surface area contributed by atoms with Crippen molar-refractivity contribution >= 4 is 5.91 Å². The molecule has 3 heteroatoms. The predicted molar refractivity (Wildman–Crippen MR) is 45.4 cm³/mol. The van der Waals surface area contributed by atoms with Gasteiger partial charge in [-0.1, -0.05) is 0 Å². The van der Waals surface area contributed by atoms with E-state index in [0.717, 1.165) is 12.8 Å². The molecule has 1 aliphatic rings. The van der Waals surface area contributed by atoms with E-state index in [0.29, 0.717) is 19.6 Å². The average Bonchev–Trinajstić information content (AvgIpc) is 2.56. The van der Waals surface area contributed by atoms with Crippen molar-refractivity contribution in [2.45, 2.75) is 25.4 Å². The Morgan fingerprint density at radius 1 is 1.75 bits per heavy atom. The Labute approximate surface area is 72.5 Å². The van der Waals surface area contributed by atoms with Gasteiger partial charge in [0.2, 0.25) is 5.91 Å². The van der Waals surface area contributed by atoms with E-state index in [1.807, 2.05) is 0 Å². The van der Waals surface area contributed by atoms with Crippen LogP contribution in [0.4, 0.5) is 0 Å². The van der Waals surface area contributed by atoms with Gasteiger partial charge >= 0.3 is 0 Å². The van der Waals surface area contributed by atoms with E-state index in [2.05, 4.69) is 11.2 Å². The lowest BCUT2D eigenvalue weighted by molar-refractivity contribution is -0.129. The molecule has 0 saturated carbocycles. The third-order valence-corrected chi connectivity index (χ3v) is 1.79. The molecule has 1 fully saturated rings. The number of hydrogen-bond acceptors (Lipinski definition) is 2. The van der Waals surface area contributed by atoms with Gasteiger partial charge in [0.05, 0.1) is 0 Å². The molecule has 12 heavy (non-hydrogen) atoms. The first-order valence-corrected chi connectivity index (χ1v) is 4.17. The molecule has 1 atom stereocenters. The fourth-order valence-corrected chi connectivity index (χ4v) is 1.16. The Morgan fingerprint density at radius 3 is 3.17 bits per heavy atom. The summed E-state index contributed by atoms with van der Waals surface area (Å²) in [5.41, 5.74) is 0. The van der Waals surface area contributed by atoms with E-state index >= 15 is 0 Å². The summed E-state index contributed by atoms with van der Waals surface area (Å²) >= 11 is 0. The molecule has 1 aliphatic heterocycles. The van der Waals surface area contributed by atoms with E-state index in [9.17, 15) is 4.79 Å². The van der Waals surface area contributed by atoms with Gasteiger partial charge in [-0.05, 0) is 12.8 Å². The number of carbonyl (C=O) groups is 1. The minimum atomic E-state index is -0.234. The summed E-state index contributed by atoms with van der Waals surface area (Å²) in [6, 6.07) is 0. The van der Waals surface area contributed by atoms with Crippen LogP contribution in [0, 0.1) is 12.3 Å². The lowest BCUT2D eigenvalue weighted by Crippen LogP contribution is -2.34. The van der Waals surface area contributed by atoms with Gasteiger partial charge in [0.25, 0.3) is 0 Å². The van der Waals surface area contributed by atoms with Crippen molar-refractivity contribution < 1.29 is 9.53 Å². The topological polar surface area (TPSA) is 38.3 Å². The number of terminal acetylenes is 1. The molecule has 0 spiro atoms. The van der Waals surface area contributed by atoms with Crippen molar-refractivity contribution in [1.82, 2.24) is 5.32 Å². The van der Waals surface area contributed by atoms with Crippen molar-refractivity contribution in [3.05, 3.63) is 0 Å². The monoisotopic (exact) mass is 167 g/mol. The Bertz CT molecular complexity index is 189. The SMILES string of the molecule is C#CCCNC(=O)[C@@H]1CCCO1. The van der Waals surface area contributed by atoms with E-state index < -0.39 is 0 Å². The molecule has 66 valence electrons.